The normalized spacial score (nSPS) is 10.0. The van der Waals surface area contributed by atoms with E-state index < -0.39 is 45.4 Å². The molecule has 0 aliphatic rings. The van der Waals surface area contributed by atoms with Gasteiger partial charge in [0.05, 0.1) is 34.1 Å². The van der Waals surface area contributed by atoms with Crippen molar-refractivity contribution in [2.75, 3.05) is 0 Å². The van der Waals surface area contributed by atoms with Gasteiger partial charge in [0.15, 0.2) is 0 Å². The number of rotatable bonds is 4. The molecule has 0 heterocycles. The van der Waals surface area contributed by atoms with E-state index in [2.05, 4.69) is 0 Å². The van der Waals surface area contributed by atoms with Crippen molar-refractivity contribution in [1.29, 1.82) is 0 Å². The summed E-state index contributed by atoms with van der Waals surface area (Å²) in [5, 5.41) is 0. The second kappa shape index (κ2) is 63.0. The Labute approximate surface area is 237 Å². The van der Waals surface area contributed by atoms with E-state index in [1.807, 2.05) is 6.79 Å². The predicted molar refractivity (Wildman–Crippen MR) is 81.1 cm³/mol. The molecule has 0 amide bonds. The number of aldehydes is 2. The summed E-state index contributed by atoms with van der Waals surface area (Å²) in [7, 11) is 0. The van der Waals surface area contributed by atoms with E-state index in [9.17, 15) is 9.59 Å². The van der Waals surface area contributed by atoms with Crippen molar-refractivity contribution in [2.24, 2.45) is 0 Å². The molecule has 0 fully saturated rings. The summed E-state index contributed by atoms with van der Waals surface area (Å²) in [6.07, 6.45) is 3.37. The zero-order valence-electron chi connectivity index (χ0n) is 14.9. The summed E-state index contributed by atoms with van der Waals surface area (Å²) in [6, 6.07) is 0. The van der Waals surface area contributed by atoms with E-state index in [1.165, 1.54) is 0 Å². The van der Waals surface area contributed by atoms with Crippen LogP contribution < -0.4 is 88.7 Å². The van der Waals surface area contributed by atoms with E-state index >= 15 is 0 Å². The largest absolute Gasteiger partial charge is 1.00 e. The maximum atomic E-state index is 9.56. The predicted octanol–water partition coefficient (Wildman–Crippen LogP) is -10.9. The molecule has 0 aromatic rings. The fourth-order valence-electron chi connectivity index (χ4n) is 0.285. The molecular weight excluding hydrogens is 509 g/mol. The van der Waals surface area contributed by atoms with Crippen LogP contribution in [0.2, 0.25) is 0 Å². The molecule has 0 bridgehead atoms. The van der Waals surface area contributed by atoms with E-state index in [0.717, 1.165) is 12.6 Å². The molecule has 28 heavy (non-hydrogen) atoms. The Morgan fingerprint density at radius 2 is 0.750 bits per heavy atom. The van der Waals surface area contributed by atoms with Crippen LogP contribution in [0.4, 0.5) is 0 Å². The molecule has 0 saturated heterocycles. The van der Waals surface area contributed by atoms with Crippen LogP contribution >= 0.6 is 0 Å². The second-order valence-corrected chi connectivity index (χ2v) is 3.91. The summed E-state index contributed by atoms with van der Waals surface area (Å²) >= 11 is -11.2. The fraction of sp³-hybridized carbons (Fsp3) is 0.500. The van der Waals surface area contributed by atoms with E-state index in [0.29, 0.717) is 19.3 Å². The van der Waals surface area contributed by atoms with Crippen molar-refractivity contribution >= 4 is 64.8 Å². The van der Waals surface area contributed by atoms with Crippen LogP contribution in [0.1, 0.15) is 19.3 Å². The van der Waals surface area contributed by atoms with E-state index in [-0.39, 0.29) is 88.7 Å². The van der Waals surface area contributed by atoms with E-state index in [1.54, 1.807) is 0 Å². The third kappa shape index (κ3) is 533. The molecule has 3 atom stereocenters. The number of hydrogen-bond acceptors (Lipinski definition) is 10. The molecule has 0 aromatic heterocycles. The van der Waals surface area contributed by atoms with Gasteiger partial charge in [-0.1, -0.05) is 0 Å². The van der Waals surface area contributed by atoms with Gasteiger partial charge in [0.1, 0.15) is 19.4 Å². The minimum absolute atomic E-state index is 0. The Kier molecular flexibility index (Phi) is 129. The van der Waals surface area contributed by atoms with Gasteiger partial charge in [-0.25, -0.2) is 12.6 Å². The van der Waals surface area contributed by atoms with Gasteiger partial charge in [0.25, 0.3) is 11.4 Å². The molecule has 156 valence electrons. The van der Waals surface area contributed by atoms with E-state index in [4.69, 9.17) is 58.1 Å². The smallest absolute Gasteiger partial charge is 0.750 e. The van der Waals surface area contributed by atoms with Crippen LogP contribution in [0.15, 0.2) is 0 Å². The zero-order chi connectivity index (χ0) is 21.8. The third-order valence-corrected chi connectivity index (χ3v) is 0.644. The maximum Gasteiger partial charge on any atom is 1.00 e. The van der Waals surface area contributed by atoms with Gasteiger partial charge in [-0.05, 0) is 6.42 Å². The molecule has 22 heteroatoms. The van der Waals surface area contributed by atoms with Crippen LogP contribution in [-0.4, -0.2) is 72.6 Å². The standard InChI is InChI=1S/C5H8O2.CH2O.3Na.4H2O3S/c6-4-2-1-3-5-7;1-2;;;;4*1-4(2)3/h4-5H,1-3H2;1H2;;;;4*(H2,1,2,3)/q;;3*+1;;;;/p-3. The first-order valence-corrected chi connectivity index (χ1v) is 8.82. The summed E-state index contributed by atoms with van der Waals surface area (Å²) in [5.41, 5.74) is 0. The second-order valence-electron chi connectivity index (χ2n) is 2.15. The van der Waals surface area contributed by atoms with Crippen molar-refractivity contribution in [3.63, 3.8) is 0 Å². The van der Waals surface area contributed by atoms with Gasteiger partial charge in [-0.2, -0.15) is 4.21 Å². The molecule has 0 aliphatic carbocycles. The van der Waals surface area contributed by atoms with Crippen LogP contribution in [-0.2, 0) is 59.8 Å². The van der Waals surface area contributed by atoms with Crippen molar-refractivity contribution in [2.45, 2.75) is 19.3 Å². The Morgan fingerprint density at radius 1 is 0.643 bits per heavy atom. The molecule has 0 aliphatic heterocycles. The first kappa shape index (κ1) is 57.3. The average molecular weight is 524 g/mol. The molecule has 15 nitrogen and oxygen atoms in total. The Hall–Kier alpha value is 2.29. The Morgan fingerprint density at radius 3 is 0.821 bits per heavy atom. The van der Waals surface area contributed by atoms with Crippen molar-refractivity contribution < 1.29 is 156 Å². The number of carbonyl (C=O) groups excluding carboxylic acids is 3. The zero-order valence-corrected chi connectivity index (χ0v) is 24.2. The molecule has 0 rings (SSSR count). The molecule has 3 unspecified atom stereocenters. The van der Waals surface area contributed by atoms with Crippen molar-refractivity contribution in [1.82, 2.24) is 0 Å². The van der Waals surface area contributed by atoms with Crippen LogP contribution in [0.25, 0.3) is 0 Å². The number of hydrogen-bond donors (Lipinski definition) is 5. The quantitative estimate of drug-likeness (QED) is 0.0987. The van der Waals surface area contributed by atoms with Crippen LogP contribution in [0.3, 0.4) is 0 Å². The molecule has 0 spiro atoms. The topological polar surface area (TPSA) is 290 Å². The molecule has 0 radical (unpaired) electrons. The minimum atomic E-state index is -2.86. The monoisotopic (exact) mass is 524 g/mol. The fourth-order valence-corrected chi connectivity index (χ4v) is 0.285. The van der Waals surface area contributed by atoms with Gasteiger partial charge in [0.2, 0.25) is 0 Å². The minimum Gasteiger partial charge on any atom is -0.750 e. The summed E-state index contributed by atoms with van der Waals surface area (Å²) in [4.78, 5) is 27.1. The summed E-state index contributed by atoms with van der Waals surface area (Å²) < 4.78 is 95.1. The molecule has 0 aromatic carbocycles. The van der Waals surface area contributed by atoms with Crippen LogP contribution in [0.5, 0.6) is 0 Å². The number of unbranched alkanes of at least 4 members (excludes halogenated alkanes) is 2. The van der Waals surface area contributed by atoms with Crippen molar-refractivity contribution in [3.8, 4) is 0 Å². The van der Waals surface area contributed by atoms with Gasteiger partial charge < -0.3 is 41.7 Å². The van der Waals surface area contributed by atoms with Gasteiger partial charge in [-0.15, -0.1) is 0 Å². The maximum absolute atomic E-state index is 9.56. The summed E-state index contributed by atoms with van der Waals surface area (Å²) in [5.74, 6) is 0. The number of carbonyl (C=O) groups is 3. The molecule has 5 N–H and O–H groups in total. The van der Waals surface area contributed by atoms with Crippen molar-refractivity contribution in [3.05, 3.63) is 0 Å². The first-order valence-electron chi connectivity index (χ1n) is 4.66. The average Bonchev–Trinajstić information content (AvgIpc) is 2.39. The SMILES string of the molecule is C=O.O=CCCCC=O.O=S(O)O.O=S([O-])O.O=S([O-])O.O=S([O-])O.[Na+].[Na+].[Na+]. The first-order chi connectivity index (χ1) is 11.3. The van der Waals surface area contributed by atoms with Gasteiger partial charge in [-0.3, -0.25) is 9.11 Å². The Bertz CT molecular complexity index is 302. The van der Waals surface area contributed by atoms with Crippen LogP contribution in [0, 0.1) is 0 Å². The van der Waals surface area contributed by atoms with Gasteiger partial charge in [0, 0.05) is 12.8 Å². The summed E-state index contributed by atoms with van der Waals surface area (Å²) in [6.45, 7) is 2.00. The molecule has 0 saturated carbocycles. The third-order valence-electron chi connectivity index (χ3n) is 0.644. The Balaban J connectivity index is -0.0000000224. The molecular formula is C6H15Na3O15S4. The van der Waals surface area contributed by atoms with Gasteiger partial charge >= 0.3 is 88.7 Å².